The predicted molar refractivity (Wildman–Crippen MR) is 60.7 cm³/mol. The molecule has 86 valence electrons. The van der Waals surface area contributed by atoms with Crippen molar-refractivity contribution in [3.63, 3.8) is 0 Å². The third kappa shape index (κ3) is 8.17. The fraction of sp³-hybridized carbons (Fsp3) is 0.700. The summed E-state index contributed by atoms with van der Waals surface area (Å²) in [5.74, 6) is -0.259. The number of amides is 1. The summed E-state index contributed by atoms with van der Waals surface area (Å²) in [7, 11) is 0. The fourth-order valence-corrected chi connectivity index (χ4v) is 1.96. The van der Waals surface area contributed by atoms with Gasteiger partial charge in [-0.2, -0.15) is 0 Å². The third-order valence-electron chi connectivity index (χ3n) is 1.55. The summed E-state index contributed by atoms with van der Waals surface area (Å²) in [5, 5.41) is 2.49. The molecule has 0 saturated heterocycles. The molecule has 0 heterocycles. The van der Waals surface area contributed by atoms with Crippen molar-refractivity contribution in [2.45, 2.75) is 38.9 Å². The van der Waals surface area contributed by atoms with Crippen LogP contribution in [0.5, 0.6) is 0 Å². The summed E-state index contributed by atoms with van der Waals surface area (Å²) >= 11 is 1.10. The largest absolute Gasteiger partial charge is 0.355 e. The average Bonchev–Trinajstić information content (AvgIpc) is 1.98. The van der Waals surface area contributed by atoms with E-state index in [9.17, 15) is 14.4 Å². The van der Waals surface area contributed by atoms with Crippen LogP contribution in [0.3, 0.4) is 0 Å². The summed E-state index contributed by atoms with van der Waals surface area (Å²) in [4.78, 5) is 32.7. The fourth-order valence-electron chi connectivity index (χ4n) is 0.921. The van der Waals surface area contributed by atoms with Crippen LogP contribution in [0.2, 0.25) is 0 Å². The Morgan fingerprint density at radius 3 is 2.13 bits per heavy atom. The number of ketones is 1. The highest BCUT2D eigenvalue weighted by Gasteiger charge is 2.23. The number of carbonyl (C=O) groups excluding carboxylic acids is 3. The van der Waals surface area contributed by atoms with Crippen molar-refractivity contribution in [2.24, 2.45) is 0 Å². The highest BCUT2D eigenvalue weighted by molar-refractivity contribution is 8.14. The van der Waals surface area contributed by atoms with Crippen LogP contribution in [0.25, 0.3) is 0 Å². The molecule has 0 aromatic carbocycles. The Hall–Kier alpha value is -0.840. The Balaban J connectivity index is 4.06. The third-order valence-corrected chi connectivity index (χ3v) is 2.62. The van der Waals surface area contributed by atoms with Crippen LogP contribution in [-0.4, -0.2) is 28.1 Å². The van der Waals surface area contributed by atoms with Crippen LogP contribution in [0.1, 0.15) is 34.1 Å². The van der Waals surface area contributed by atoms with Gasteiger partial charge in [-0.3, -0.25) is 14.4 Å². The van der Waals surface area contributed by atoms with Crippen molar-refractivity contribution < 1.29 is 14.4 Å². The number of carbonyl (C=O) groups is 3. The van der Waals surface area contributed by atoms with Gasteiger partial charge < -0.3 is 5.32 Å². The molecule has 0 rings (SSSR count). The van der Waals surface area contributed by atoms with E-state index < -0.39 is 0 Å². The number of Topliss-reactive ketones (excluding diaryl/α,β-unsaturated/α-hetero) is 1. The maximum atomic E-state index is 11.3. The van der Waals surface area contributed by atoms with Crippen LogP contribution in [0.4, 0.5) is 0 Å². The normalized spacial score (nSPS) is 10.9. The molecule has 0 aliphatic rings. The SMILES string of the molecule is CC(=O)CC(=O)SC(C)(C)CNC(C)=O. The van der Waals surface area contributed by atoms with Gasteiger partial charge in [0.25, 0.3) is 0 Å². The summed E-state index contributed by atoms with van der Waals surface area (Å²) in [5.41, 5.74) is 0. The quantitative estimate of drug-likeness (QED) is 0.721. The van der Waals surface area contributed by atoms with E-state index in [1.54, 1.807) is 0 Å². The number of rotatable bonds is 5. The molecule has 0 aromatic rings. The van der Waals surface area contributed by atoms with Crippen LogP contribution < -0.4 is 5.32 Å². The molecule has 0 aliphatic carbocycles. The Kier molecular flexibility index (Phi) is 5.57. The van der Waals surface area contributed by atoms with Gasteiger partial charge in [0.05, 0.1) is 6.42 Å². The molecule has 0 unspecified atom stereocenters. The Bertz CT molecular complexity index is 274. The monoisotopic (exact) mass is 231 g/mol. The lowest BCUT2D eigenvalue weighted by molar-refractivity contribution is -0.122. The van der Waals surface area contributed by atoms with Gasteiger partial charge in [-0.05, 0) is 20.8 Å². The van der Waals surface area contributed by atoms with Crippen LogP contribution in [0.15, 0.2) is 0 Å². The van der Waals surface area contributed by atoms with E-state index in [-0.39, 0.29) is 28.0 Å². The molecule has 0 radical (unpaired) electrons. The van der Waals surface area contributed by atoms with Crippen LogP contribution in [-0.2, 0) is 14.4 Å². The van der Waals surface area contributed by atoms with Crippen LogP contribution in [0, 0.1) is 0 Å². The van der Waals surface area contributed by atoms with Crippen molar-refractivity contribution in [1.82, 2.24) is 5.32 Å². The molecule has 0 atom stereocenters. The molecule has 15 heavy (non-hydrogen) atoms. The molecule has 1 N–H and O–H groups in total. The van der Waals surface area contributed by atoms with Gasteiger partial charge in [0.15, 0.2) is 5.12 Å². The zero-order valence-corrected chi connectivity index (χ0v) is 10.4. The maximum absolute atomic E-state index is 11.3. The molecule has 1 amide bonds. The smallest absolute Gasteiger partial charge is 0.216 e. The first kappa shape index (κ1) is 14.2. The van der Waals surface area contributed by atoms with Gasteiger partial charge in [0.1, 0.15) is 5.78 Å². The minimum atomic E-state index is -0.377. The van der Waals surface area contributed by atoms with E-state index in [4.69, 9.17) is 0 Å². The van der Waals surface area contributed by atoms with Crippen LogP contribution >= 0.6 is 11.8 Å². The average molecular weight is 231 g/mol. The van der Waals surface area contributed by atoms with E-state index in [1.807, 2.05) is 13.8 Å². The Labute approximate surface area is 94.2 Å². The highest BCUT2D eigenvalue weighted by atomic mass is 32.2. The van der Waals surface area contributed by atoms with Gasteiger partial charge >= 0.3 is 0 Å². The number of hydrogen-bond donors (Lipinski definition) is 1. The first-order chi connectivity index (χ1) is 6.73. The van der Waals surface area contributed by atoms with E-state index in [0.717, 1.165) is 11.8 Å². The van der Waals surface area contributed by atoms with E-state index in [1.165, 1.54) is 13.8 Å². The lowest BCUT2D eigenvalue weighted by atomic mass is 10.2. The molecule has 0 aromatic heterocycles. The summed E-state index contributed by atoms with van der Waals surface area (Å²) in [6, 6.07) is 0. The Morgan fingerprint density at radius 1 is 1.20 bits per heavy atom. The summed E-state index contributed by atoms with van der Waals surface area (Å²) in [6.45, 7) is 6.94. The van der Waals surface area contributed by atoms with Gasteiger partial charge in [-0.1, -0.05) is 11.8 Å². The first-order valence-corrected chi connectivity index (χ1v) is 5.50. The number of nitrogens with one attached hydrogen (secondary N) is 1. The summed E-state index contributed by atoms with van der Waals surface area (Å²) < 4.78 is -0.377. The molecule has 0 bridgehead atoms. The zero-order valence-electron chi connectivity index (χ0n) is 9.55. The summed E-state index contributed by atoms with van der Waals surface area (Å²) in [6.07, 6.45) is -0.0475. The molecule has 0 fully saturated rings. The number of hydrogen-bond acceptors (Lipinski definition) is 4. The standard InChI is InChI=1S/C10H17NO3S/c1-7(12)5-9(14)15-10(3,4)6-11-8(2)13/h5-6H2,1-4H3,(H,11,13). The van der Waals surface area contributed by atoms with E-state index in [0.29, 0.717) is 6.54 Å². The minimum absolute atomic E-state index is 0.0475. The van der Waals surface area contributed by atoms with E-state index >= 15 is 0 Å². The second-order valence-electron chi connectivity index (χ2n) is 4.02. The first-order valence-electron chi connectivity index (χ1n) is 4.68. The van der Waals surface area contributed by atoms with Crippen molar-refractivity contribution in [1.29, 1.82) is 0 Å². The van der Waals surface area contributed by atoms with Gasteiger partial charge in [0, 0.05) is 18.2 Å². The topological polar surface area (TPSA) is 63.2 Å². The highest BCUT2D eigenvalue weighted by Crippen LogP contribution is 2.25. The lowest BCUT2D eigenvalue weighted by Crippen LogP contribution is -2.35. The van der Waals surface area contributed by atoms with Gasteiger partial charge in [-0.25, -0.2) is 0 Å². The molecular weight excluding hydrogens is 214 g/mol. The second kappa shape index (κ2) is 5.90. The molecule has 0 saturated carbocycles. The van der Waals surface area contributed by atoms with Gasteiger partial charge in [-0.15, -0.1) is 0 Å². The van der Waals surface area contributed by atoms with Crippen molar-refractivity contribution in [2.75, 3.05) is 6.54 Å². The Morgan fingerprint density at radius 2 is 1.73 bits per heavy atom. The minimum Gasteiger partial charge on any atom is -0.355 e. The predicted octanol–water partition coefficient (Wildman–Crippen LogP) is 1.14. The zero-order chi connectivity index (χ0) is 12.1. The lowest BCUT2D eigenvalue weighted by Gasteiger charge is -2.22. The van der Waals surface area contributed by atoms with Crippen molar-refractivity contribution in [3.05, 3.63) is 0 Å². The maximum Gasteiger partial charge on any atom is 0.216 e. The molecule has 5 heteroatoms. The molecule has 4 nitrogen and oxygen atoms in total. The van der Waals surface area contributed by atoms with Gasteiger partial charge in [0.2, 0.25) is 5.91 Å². The molecule has 0 spiro atoms. The van der Waals surface area contributed by atoms with Crippen molar-refractivity contribution >= 4 is 28.6 Å². The number of thioether (sulfide) groups is 1. The molecular formula is C10H17NO3S. The second-order valence-corrected chi connectivity index (χ2v) is 5.79. The van der Waals surface area contributed by atoms with E-state index in [2.05, 4.69) is 5.32 Å². The van der Waals surface area contributed by atoms with Crippen molar-refractivity contribution in [3.8, 4) is 0 Å². The molecule has 0 aliphatic heterocycles.